The van der Waals surface area contributed by atoms with Gasteiger partial charge >= 0.3 is 5.69 Å². The van der Waals surface area contributed by atoms with Crippen LogP contribution in [-0.4, -0.2) is 29.2 Å². The van der Waals surface area contributed by atoms with Crippen LogP contribution in [0.4, 0.5) is 17.3 Å². The molecule has 0 atom stereocenters. The van der Waals surface area contributed by atoms with Crippen molar-refractivity contribution < 1.29 is 9.66 Å². The summed E-state index contributed by atoms with van der Waals surface area (Å²) in [6, 6.07) is 2.83. The van der Waals surface area contributed by atoms with Crippen molar-refractivity contribution in [1.82, 2.24) is 4.98 Å². The molecule has 2 rings (SSSR count). The predicted octanol–water partition coefficient (Wildman–Crippen LogP) is 2.04. The molecule has 0 aromatic carbocycles. The molecule has 0 spiro atoms. The Morgan fingerprint density at radius 3 is 2.81 bits per heavy atom. The number of pyridine rings is 1. The van der Waals surface area contributed by atoms with E-state index in [0.29, 0.717) is 25.1 Å². The van der Waals surface area contributed by atoms with Crippen LogP contribution in [0.2, 0.25) is 0 Å². The number of aromatic nitrogens is 1. The molecule has 0 saturated heterocycles. The minimum Gasteiger partial charge on any atom is -0.376 e. The average Bonchev–Trinajstić information content (AvgIpc) is 2.52. The zero-order chi connectivity index (χ0) is 15.1. The van der Waals surface area contributed by atoms with Crippen molar-refractivity contribution in [2.24, 2.45) is 5.84 Å². The molecule has 1 fully saturated rings. The Balaban J connectivity index is 1.84. The molecule has 1 saturated carbocycles. The van der Waals surface area contributed by atoms with E-state index in [1.54, 1.807) is 0 Å². The standard InChI is InChI=1S/C13H21N5O3/c14-17-12-7-6-11(18(19)20)13(16-12)15-8-9-21-10-4-2-1-3-5-10/h6-7,10H,1-5,8-9,14H2,(H2,15,16,17). The summed E-state index contributed by atoms with van der Waals surface area (Å²) in [6.45, 7) is 0.974. The molecule has 1 heterocycles. The molecule has 1 aliphatic rings. The Kier molecular flexibility index (Phi) is 5.70. The number of nitrogens with two attached hydrogens (primary N) is 1. The normalized spacial score (nSPS) is 15.7. The third kappa shape index (κ3) is 4.54. The fourth-order valence-corrected chi connectivity index (χ4v) is 2.44. The minimum atomic E-state index is -0.475. The Labute approximate surface area is 123 Å². The van der Waals surface area contributed by atoms with E-state index >= 15 is 0 Å². The molecule has 4 N–H and O–H groups in total. The molecule has 0 radical (unpaired) electrons. The number of nitrogens with one attached hydrogen (secondary N) is 2. The lowest BCUT2D eigenvalue weighted by Gasteiger charge is -2.22. The third-order valence-electron chi connectivity index (χ3n) is 3.52. The summed E-state index contributed by atoms with van der Waals surface area (Å²) in [4.78, 5) is 14.5. The fourth-order valence-electron chi connectivity index (χ4n) is 2.44. The highest BCUT2D eigenvalue weighted by molar-refractivity contribution is 5.59. The zero-order valence-electron chi connectivity index (χ0n) is 11.9. The van der Waals surface area contributed by atoms with Gasteiger partial charge in [-0.3, -0.25) is 10.1 Å². The van der Waals surface area contributed by atoms with Crippen LogP contribution in [-0.2, 0) is 4.74 Å². The van der Waals surface area contributed by atoms with Crippen LogP contribution >= 0.6 is 0 Å². The van der Waals surface area contributed by atoms with Gasteiger partial charge in [0, 0.05) is 12.6 Å². The van der Waals surface area contributed by atoms with Crippen molar-refractivity contribution in [1.29, 1.82) is 0 Å². The Bertz CT molecular complexity index is 477. The van der Waals surface area contributed by atoms with Gasteiger partial charge in [-0.2, -0.15) is 0 Å². The number of hydrogen-bond donors (Lipinski definition) is 3. The lowest BCUT2D eigenvalue weighted by atomic mass is 9.98. The molecular weight excluding hydrogens is 274 g/mol. The molecule has 116 valence electrons. The van der Waals surface area contributed by atoms with Gasteiger partial charge in [0.1, 0.15) is 5.82 Å². The van der Waals surface area contributed by atoms with Gasteiger partial charge in [-0.15, -0.1) is 0 Å². The summed E-state index contributed by atoms with van der Waals surface area (Å²) in [6.07, 6.45) is 6.24. The summed E-state index contributed by atoms with van der Waals surface area (Å²) in [7, 11) is 0. The predicted molar refractivity (Wildman–Crippen MR) is 80.0 cm³/mol. The average molecular weight is 295 g/mol. The number of nitrogens with zero attached hydrogens (tertiary/aromatic N) is 2. The Morgan fingerprint density at radius 2 is 2.14 bits per heavy atom. The maximum atomic E-state index is 10.9. The largest absolute Gasteiger partial charge is 0.376 e. The van der Waals surface area contributed by atoms with Crippen LogP contribution in [0.1, 0.15) is 32.1 Å². The van der Waals surface area contributed by atoms with Crippen molar-refractivity contribution in [3.63, 3.8) is 0 Å². The first-order chi connectivity index (χ1) is 10.2. The Morgan fingerprint density at radius 1 is 1.38 bits per heavy atom. The van der Waals surface area contributed by atoms with E-state index in [1.807, 2.05) is 0 Å². The molecule has 1 aromatic heterocycles. The molecule has 8 nitrogen and oxygen atoms in total. The summed E-state index contributed by atoms with van der Waals surface area (Å²) < 4.78 is 5.76. The monoisotopic (exact) mass is 295 g/mol. The van der Waals surface area contributed by atoms with Gasteiger partial charge in [0.15, 0.2) is 0 Å². The van der Waals surface area contributed by atoms with Crippen molar-refractivity contribution in [3.05, 3.63) is 22.2 Å². The van der Waals surface area contributed by atoms with E-state index in [2.05, 4.69) is 15.7 Å². The second-order valence-electron chi connectivity index (χ2n) is 5.02. The van der Waals surface area contributed by atoms with Gasteiger partial charge in [-0.1, -0.05) is 19.3 Å². The van der Waals surface area contributed by atoms with E-state index in [9.17, 15) is 10.1 Å². The smallest absolute Gasteiger partial charge is 0.311 e. The SMILES string of the molecule is NNc1ccc([N+](=O)[O-])c(NCCOC2CCCCC2)n1. The molecular formula is C13H21N5O3. The van der Waals surface area contributed by atoms with Crippen LogP contribution in [0, 0.1) is 10.1 Å². The number of nitrogen functional groups attached to an aromatic ring is 1. The zero-order valence-corrected chi connectivity index (χ0v) is 11.9. The maximum Gasteiger partial charge on any atom is 0.311 e. The van der Waals surface area contributed by atoms with Crippen molar-refractivity contribution in [2.75, 3.05) is 23.9 Å². The van der Waals surface area contributed by atoms with Crippen molar-refractivity contribution in [2.45, 2.75) is 38.2 Å². The van der Waals surface area contributed by atoms with Crippen LogP contribution < -0.4 is 16.6 Å². The van der Waals surface area contributed by atoms with Gasteiger partial charge in [-0.05, 0) is 18.9 Å². The number of nitro groups is 1. The number of hydrazine groups is 1. The van der Waals surface area contributed by atoms with Crippen LogP contribution in [0.15, 0.2) is 12.1 Å². The number of hydrogen-bond acceptors (Lipinski definition) is 7. The van der Waals surface area contributed by atoms with Crippen LogP contribution in [0.5, 0.6) is 0 Å². The highest BCUT2D eigenvalue weighted by Crippen LogP contribution is 2.24. The third-order valence-corrected chi connectivity index (χ3v) is 3.52. The van der Waals surface area contributed by atoms with Gasteiger partial charge in [0.25, 0.3) is 0 Å². The molecule has 1 aliphatic carbocycles. The maximum absolute atomic E-state index is 10.9. The van der Waals surface area contributed by atoms with Gasteiger partial charge in [0.2, 0.25) is 5.82 Å². The topological polar surface area (TPSA) is 115 Å². The second-order valence-corrected chi connectivity index (χ2v) is 5.02. The molecule has 1 aromatic rings. The van der Waals surface area contributed by atoms with E-state index in [1.165, 1.54) is 31.4 Å². The molecule has 0 bridgehead atoms. The van der Waals surface area contributed by atoms with E-state index < -0.39 is 4.92 Å². The summed E-state index contributed by atoms with van der Waals surface area (Å²) in [5, 5.41) is 13.9. The van der Waals surface area contributed by atoms with Crippen LogP contribution in [0.3, 0.4) is 0 Å². The molecule has 21 heavy (non-hydrogen) atoms. The quantitative estimate of drug-likeness (QED) is 0.305. The first-order valence-corrected chi connectivity index (χ1v) is 7.18. The lowest BCUT2D eigenvalue weighted by Crippen LogP contribution is -2.21. The van der Waals surface area contributed by atoms with E-state index in [0.717, 1.165) is 12.8 Å². The van der Waals surface area contributed by atoms with E-state index in [4.69, 9.17) is 10.6 Å². The summed E-state index contributed by atoms with van der Waals surface area (Å²) in [5.74, 6) is 5.83. The van der Waals surface area contributed by atoms with Crippen molar-refractivity contribution in [3.8, 4) is 0 Å². The molecule has 0 amide bonds. The van der Waals surface area contributed by atoms with Gasteiger partial charge < -0.3 is 15.5 Å². The number of anilines is 2. The fraction of sp³-hybridized carbons (Fsp3) is 0.615. The minimum absolute atomic E-state index is 0.0772. The van der Waals surface area contributed by atoms with Gasteiger partial charge in [0.05, 0.1) is 17.6 Å². The highest BCUT2D eigenvalue weighted by Gasteiger charge is 2.16. The van der Waals surface area contributed by atoms with Crippen molar-refractivity contribution >= 4 is 17.3 Å². The number of ether oxygens (including phenoxy) is 1. The first-order valence-electron chi connectivity index (χ1n) is 7.18. The first kappa shape index (κ1) is 15.5. The molecule has 0 aliphatic heterocycles. The number of rotatable bonds is 7. The summed E-state index contributed by atoms with van der Waals surface area (Å²) >= 11 is 0. The lowest BCUT2D eigenvalue weighted by molar-refractivity contribution is -0.384. The van der Waals surface area contributed by atoms with Crippen LogP contribution in [0.25, 0.3) is 0 Å². The van der Waals surface area contributed by atoms with E-state index in [-0.39, 0.29) is 11.5 Å². The molecule has 0 unspecified atom stereocenters. The van der Waals surface area contributed by atoms with Gasteiger partial charge in [-0.25, -0.2) is 10.8 Å². The summed E-state index contributed by atoms with van der Waals surface area (Å²) in [5.41, 5.74) is 2.29. The second kappa shape index (κ2) is 7.75. The highest BCUT2D eigenvalue weighted by atomic mass is 16.6. The molecule has 8 heteroatoms. The Hall–Kier alpha value is -1.93.